The topological polar surface area (TPSA) is 49.3 Å². The Kier molecular flexibility index (Phi) is 9.83. The maximum Gasteiger partial charge on any atom is 0.223 e. The summed E-state index contributed by atoms with van der Waals surface area (Å²) in [5, 5.41) is 2.13. The highest BCUT2D eigenvalue weighted by Crippen LogP contribution is 2.32. The number of nitrogens with zero attached hydrogens (tertiary/aromatic N) is 4. The molecule has 7 heteroatoms. The molecular formula is C31H38N4OS2. The highest BCUT2D eigenvalue weighted by molar-refractivity contribution is 7.15. The summed E-state index contributed by atoms with van der Waals surface area (Å²) in [5.74, 6) is 0.579. The van der Waals surface area contributed by atoms with E-state index in [4.69, 9.17) is 0 Å². The quantitative estimate of drug-likeness (QED) is 0.182. The highest BCUT2D eigenvalue weighted by atomic mass is 32.1. The number of carbonyl (C=O) groups excluding carboxylic acids is 1. The van der Waals surface area contributed by atoms with Crippen molar-refractivity contribution in [1.29, 1.82) is 0 Å². The third kappa shape index (κ3) is 7.37. The van der Waals surface area contributed by atoms with Gasteiger partial charge in [0.2, 0.25) is 5.91 Å². The smallest absolute Gasteiger partial charge is 0.223 e. The van der Waals surface area contributed by atoms with Crippen molar-refractivity contribution in [2.75, 3.05) is 20.1 Å². The zero-order valence-corrected chi connectivity index (χ0v) is 24.7. The summed E-state index contributed by atoms with van der Waals surface area (Å²) >= 11 is 3.44. The van der Waals surface area contributed by atoms with Gasteiger partial charge in [0, 0.05) is 25.4 Å². The van der Waals surface area contributed by atoms with Crippen LogP contribution in [0.3, 0.4) is 0 Å². The van der Waals surface area contributed by atoms with Gasteiger partial charge in [0.05, 0.1) is 22.8 Å². The molecule has 0 spiro atoms. The van der Waals surface area contributed by atoms with Gasteiger partial charge >= 0.3 is 0 Å². The van der Waals surface area contributed by atoms with E-state index < -0.39 is 0 Å². The molecule has 4 rings (SSSR count). The van der Waals surface area contributed by atoms with Crippen molar-refractivity contribution in [3.63, 3.8) is 0 Å². The van der Waals surface area contributed by atoms with E-state index in [0.29, 0.717) is 18.9 Å². The Labute approximate surface area is 235 Å². The van der Waals surface area contributed by atoms with Crippen LogP contribution < -0.4 is 0 Å². The van der Waals surface area contributed by atoms with Crippen LogP contribution in [0.2, 0.25) is 0 Å². The lowest BCUT2D eigenvalue weighted by atomic mass is 10.0. The highest BCUT2D eigenvalue weighted by Gasteiger charge is 2.17. The number of hydrogen-bond donors (Lipinski definition) is 0. The van der Waals surface area contributed by atoms with Gasteiger partial charge in [0.1, 0.15) is 10.0 Å². The monoisotopic (exact) mass is 546 g/mol. The van der Waals surface area contributed by atoms with Crippen molar-refractivity contribution in [2.45, 2.75) is 53.6 Å². The standard InChI is InChI=1S/C31H38N4OS2/c1-6-16-35(31(36)17-22(3)4)21-30-33-19-28(38-30)26-14-10-24(11-15-26)23-8-12-25(13-9-23)27-18-32-29(37-27)20-34(5)7-2/h8-15,18-19,22H,6-7,16-17,20-21H2,1-5H3. The summed E-state index contributed by atoms with van der Waals surface area (Å²) in [6.45, 7) is 11.7. The van der Waals surface area contributed by atoms with Crippen molar-refractivity contribution >= 4 is 28.6 Å². The lowest BCUT2D eigenvalue weighted by molar-refractivity contribution is -0.132. The Bertz CT molecular complexity index is 1310. The molecule has 4 aromatic rings. The molecule has 0 aliphatic carbocycles. The van der Waals surface area contributed by atoms with E-state index in [1.54, 1.807) is 22.7 Å². The number of carbonyl (C=O) groups is 1. The second kappa shape index (κ2) is 13.3. The molecule has 2 aromatic carbocycles. The number of benzene rings is 2. The predicted molar refractivity (Wildman–Crippen MR) is 161 cm³/mol. The molecular weight excluding hydrogens is 509 g/mol. The van der Waals surface area contributed by atoms with Gasteiger partial charge in [-0.2, -0.15) is 0 Å². The molecule has 0 saturated carbocycles. The molecule has 0 fully saturated rings. The van der Waals surface area contributed by atoms with Crippen molar-refractivity contribution in [2.24, 2.45) is 5.92 Å². The van der Waals surface area contributed by atoms with Crippen LogP contribution in [0.1, 0.15) is 50.6 Å². The zero-order valence-electron chi connectivity index (χ0n) is 23.1. The summed E-state index contributed by atoms with van der Waals surface area (Å²) < 4.78 is 0. The first-order chi connectivity index (χ1) is 18.4. The van der Waals surface area contributed by atoms with Gasteiger partial charge in [-0.3, -0.25) is 9.69 Å². The summed E-state index contributed by atoms with van der Waals surface area (Å²) in [6.07, 6.45) is 5.45. The lowest BCUT2D eigenvalue weighted by Crippen LogP contribution is -2.31. The largest absolute Gasteiger partial charge is 0.336 e. The van der Waals surface area contributed by atoms with Crippen molar-refractivity contribution in [3.8, 4) is 32.0 Å². The van der Waals surface area contributed by atoms with Crippen molar-refractivity contribution in [1.82, 2.24) is 19.8 Å². The first-order valence-corrected chi connectivity index (χ1v) is 15.1. The minimum atomic E-state index is 0.217. The van der Waals surface area contributed by atoms with E-state index in [0.717, 1.165) is 46.5 Å². The Balaban J connectivity index is 1.41. The Hall–Kier alpha value is -2.87. The molecule has 1 amide bonds. The average Bonchev–Trinajstić information content (AvgIpc) is 3.58. The van der Waals surface area contributed by atoms with Gasteiger partial charge < -0.3 is 4.90 Å². The Morgan fingerprint density at radius 2 is 1.26 bits per heavy atom. The first-order valence-electron chi connectivity index (χ1n) is 13.4. The molecule has 5 nitrogen and oxygen atoms in total. The minimum absolute atomic E-state index is 0.217. The van der Waals surface area contributed by atoms with Gasteiger partial charge in [0.25, 0.3) is 0 Å². The molecule has 0 saturated heterocycles. The van der Waals surface area contributed by atoms with Crippen molar-refractivity contribution in [3.05, 3.63) is 70.9 Å². The predicted octanol–water partition coefficient (Wildman–Crippen LogP) is 7.84. The van der Waals surface area contributed by atoms with Crippen LogP contribution in [0.15, 0.2) is 60.9 Å². The molecule has 0 aliphatic heterocycles. The van der Waals surface area contributed by atoms with Crippen LogP contribution in [-0.4, -0.2) is 45.8 Å². The van der Waals surface area contributed by atoms with Crippen LogP contribution in [0.25, 0.3) is 32.0 Å². The molecule has 0 radical (unpaired) electrons. The zero-order chi connectivity index (χ0) is 27.1. The normalized spacial score (nSPS) is 11.4. The molecule has 0 aliphatic rings. The lowest BCUT2D eigenvalue weighted by Gasteiger charge is -2.22. The van der Waals surface area contributed by atoms with E-state index in [1.807, 2.05) is 17.3 Å². The molecule has 38 heavy (non-hydrogen) atoms. The summed E-state index contributed by atoms with van der Waals surface area (Å²) in [5.41, 5.74) is 4.74. The summed E-state index contributed by atoms with van der Waals surface area (Å²) in [6, 6.07) is 17.4. The van der Waals surface area contributed by atoms with Gasteiger partial charge in [-0.05, 0) is 48.2 Å². The molecule has 0 unspecified atom stereocenters. The average molecular weight is 547 g/mol. The number of hydrogen-bond acceptors (Lipinski definition) is 6. The Morgan fingerprint density at radius 3 is 1.71 bits per heavy atom. The van der Waals surface area contributed by atoms with E-state index in [9.17, 15) is 4.79 Å². The fourth-order valence-electron chi connectivity index (χ4n) is 4.23. The second-order valence-electron chi connectivity index (χ2n) is 10.1. The number of thiazole rings is 2. The van der Waals surface area contributed by atoms with E-state index in [1.165, 1.54) is 21.6 Å². The maximum atomic E-state index is 12.6. The van der Waals surface area contributed by atoms with Crippen molar-refractivity contribution < 1.29 is 4.79 Å². The van der Waals surface area contributed by atoms with Gasteiger partial charge in [-0.25, -0.2) is 9.97 Å². The SMILES string of the molecule is CCCN(Cc1ncc(-c2ccc(-c3ccc(-c4cnc(CN(C)CC)s4)cc3)cc2)s1)C(=O)CC(C)C. The molecule has 2 aromatic heterocycles. The van der Waals surface area contributed by atoms with Crippen LogP contribution in [0.4, 0.5) is 0 Å². The molecule has 0 N–H and O–H groups in total. The first kappa shape index (κ1) is 28.1. The minimum Gasteiger partial charge on any atom is -0.336 e. The third-order valence-electron chi connectivity index (χ3n) is 6.48. The third-order valence-corrected chi connectivity index (χ3v) is 8.54. The number of amides is 1. The molecule has 0 atom stereocenters. The second-order valence-corrected chi connectivity index (χ2v) is 12.4. The van der Waals surface area contributed by atoms with Crippen LogP contribution >= 0.6 is 22.7 Å². The van der Waals surface area contributed by atoms with E-state index in [-0.39, 0.29) is 5.91 Å². The van der Waals surface area contributed by atoms with Crippen LogP contribution in [0.5, 0.6) is 0 Å². The Morgan fingerprint density at radius 1 is 0.789 bits per heavy atom. The van der Waals surface area contributed by atoms with E-state index in [2.05, 4.69) is 98.1 Å². The number of aromatic nitrogens is 2. The van der Waals surface area contributed by atoms with Crippen LogP contribution in [-0.2, 0) is 17.9 Å². The molecule has 200 valence electrons. The summed E-state index contributed by atoms with van der Waals surface area (Å²) in [4.78, 5) is 28.4. The molecule has 2 heterocycles. The molecule has 0 bridgehead atoms. The fourth-order valence-corrected chi connectivity index (χ4v) is 6.18. The van der Waals surface area contributed by atoms with Gasteiger partial charge in [0.15, 0.2) is 0 Å². The van der Waals surface area contributed by atoms with Gasteiger partial charge in [-0.1, -0.05) is 76.2 Å². The summed E-state index contributed by atoms with van der Waals surface area (Å²) in [7, 11) is 2.12. The van der Waals surface area contributed by atoms with Gasteiger partial charge in [-0.15, -0.1) is 22.7 Å². The maximum absolute atomic E-state index is 12.6. The van der Waals surface area contributed by atoms with E-state index >= 15 is 0 Å². The fraction of sp³-hybridized carbons (Fsp3) is 0.387. The van der Waals surface area contributed by atoms with Crippen LogP contribution in [0, 0.1) is 5.92 Å². The number of rotatable bonds is 12.